The number of carbonyl (C=O) groups excluding carboxylic acids is 1. The summed E-state index contributed by atoms with van der Waals surface area (Å²) < 4.78 is 13.8. The number of carbonyl (C=O) groups is 1. The first-order chi connectivity index (χ1) is 17.2. The van der Waals surface area contributed by atoms with Crippen LogP contribution in [-0.4, -0.2) is 15.9 Å². The molecule has 0 unspecified atom stereocenters. The van der Waals surface area contributed by atoms with E-state index < -0.39 is 0 Å². The Balaban J connectivity index is 1.37. The second-order valence-electron chi connectivity index (χ2n) is 8.99. The van der Waals surface area contributed by atoms with Crippen molar-refractivity contribution < 1.29 is 9.18 Å². The third-order valence-electron chi connectivity index (χ3n) is 6.46. The second kappa shape index (κ2) is 10.6. The molecule has 1 aliphatic carbocycles. The van der Waals surface area contributed by atoms with Crippen molar-refractivity contribution in [3.8, 4) is 11.3 Å². The first-order valence-electron chi connectivity index (χ1n) is 12.2. The van der Waals surface area contributed by atoms with Crippen molar-refractivity contribution in [3.63, 3.8) is 0 Å². The number of hydrogen-bond donors (Lipinski definition) is 1. The minimum atomic E-state index is -0.233. The molecule has 0 fully saturated rings. The fraction of sp³-hybridized carbons (Fsp3) is 0.233. The number of amides is 1. The Morgan fingerprint density at radius 1 is 0.829 bits per heavy atom. The monoisotopic (exact) mass is 465 g/mol. The lowest BCUT2D eigenvalue weighted by Crippen LogP contribution is -2.18. The zero-order valence-corrected chi connectivity index (χ0v) is 19.6. The molecule has 0 radical (unpaired) electrons. The molecule has 0 saturated carbocycles. The number of fused-ring (bicyclic) bond motifs is 3. The topological polar surface area (TPSA) is 54.9 Å². The van der Waals surface area contributed by atoms with Crippen LogP contribution >= 0.6 is 0 Å². The Bertz CT molecular complexity index is 1320. The Labute approximate surface area is 205 Å². The third-order valence-corrected chi connectivity index (χ3v) is 6.46. The number of nitrogens with one attached hydrogen (secondary N) is 1. The number of hydrogen-bond acceptors (Lipinski definition) is 3. The van der Waals surface area contributed by atoms with Gasteiger partial charge in [-0.2, -0.15) is 0 Å². The summed E-state index contributed by atoms with van der Waals surface area (Å²) in [5, 5.41) is 3.04. The van der Waals surface area contributed by atoms with Gasteiger partial charge in [-0.25, -0.2) is 14.4 Å². The number of aryl methyl sites for hydroxylation is 5. The molecule has 1 aliphatic rings. The van der Waals surface area contributed by atoms with E-state index in [2.05, 4.69) is 29.6 Å². The minimum Gasteiger partial charge on any atom is -0.309 e. The molecule has 1 aromatic heterocycles. The predicted molar refractivity (Wildman–Crippen MR) is 137 cm³/mol. The highest BCUT2D eigenvalue weighted by atomic mass is 19.1. The summed E-state index contributed by atoms with van der Waals surface area (Å²) in [6.45, 7) is 0. The van der Waals surface area contributed by atoms with E-state index in [0.717, 1.165) is 47.5 Å². The molecule has 0 aliphatic heterocycles. The van der Waals surface area contributed by atoms with E-state index in [4.69, 9.17) is 9.97 Å². The second-order valence-corrected chi connectivity index (χ2v) is 8.99. The molecule has 1 amide bonds. The van der Waals surface area contributed by atoms with Crippen molar-refractivity contribution in [2.45, 2.75) is 44.9 Å². The number of anilines is 1. The van der Waals surface area contributed by atoms with Gasteiger partial charge in [0.1, 0.15) is 5.82 Å². The van der Waals surface area contributed by atoms with E-state index in [0.29, 0.717) is 31.5 Å². The molecule has 5 heteroatoms. The lowest BCUT2D eigenvalue weighted by molar-refractivity contribution is -0.116. The number of aromatic nitrogens is 2. The highest BCUT2D eigenvalue weighted by Crippen LogP contribution is 2.33. The van der Waals surface area contributed by atoms with E-state index in [1.54, 1.807) is 12.1 Å². The molecule has 0 spiro atoms. The van der Waals surface area contributed by atoms with Gasteiger partial charge in [0, 0.05) is 12.0 Å². The standard InChI is InChI=1S/C30H28FN3O/c31-24-16-17-25-23(20-24)15-19-26-29(25)32-27(18-14-22-10-5-2-6-11-22)30(33-26)34-28(35)13-7-12-21-8-3-1-4-9-21/h1-6,8-11,16-17,20H,7,12-15,18-19H2,(H,33,34,35). The number of rotatable bonds is 8. The van der Waals surface area contributed by atoms with Crippen LogP contribution < -0.4 is 5.32 Å². The smallest absolute Gasteiger partial charge is 0.225 e. The molecule has 35 heavy (non-hydrogen) atoms. The van der Waals surface area contributed by atoms with Gasteiger partial charge in [0.15, 0.2) is 5.82 Å². The van der Waals surface area contributed by atoms with Crippen LogP contribution in [0, 0.1) is 5.82 Å². The molecule has 1 N–H and O–H groups in total. The molecule has 5 rings (SSSR count). The summed E-state index contributed by atoms with van der Waals surface area (Å²) in [6.07, 6.45) is 4.89. The van der Waals surface area contributed by atoms with Crippen molar-refractivity contribution in [2.24, 2.45) is 0 Å². The van der Waals surface area contributed by atoms with Crippen molar-refractivity contribution in [1.82, 2.24) is 9.97 Å². The summed E-state index contributed by atoms with van der Waals surface area (Å²) in [5.41, 5.74) is 6.74. The van der Waals surface area contributed by atoms with Gasteiger partial charge >= 0.3 is 0 Å². The highest BCUT2D eigenvalue weighted by molar-refractivity contribution is 5.90. The molecule has 4 aromatic rings. The zero-order chi connectivity index (χ0) is 24.0. The van der Waals surface area contributed by atoms with Crippen LogP contribution in [0.4, 0.5) is 10.2 Å². The van der Waals surface area contributed by atoms with Crippen LogP contribution in [0.15, 0.2) is 78.9 Å². The largest absolute Gasteiger partial charge is 0.309 e. The van der Waals surface area contributed by atoms with Crippen LogP contribution in [0.25, 0.3) is 11.3 Å². The van der Waals surface area contributed by atoms with Gasteiger partial charge in [0.2, 0.25) is 5.91 Å². The first-order valence-corrected chi connectivity index (χ1v) is 12.2. The van der Waals surface area contributed by atoms with E-state index in [1.165, 1.54) is 17.2 Å². The lowest BCUT2D eigenvalue weighted by atomic mass is 9.91. The van der Waals surface area contributed by atoms with Crippen LogP contribution in [-0.2, 0) is 36.9 Å². The Kier molecular flexibility index (Phi) is 6.94. The van der Waals surface area contributed by atoms with Crippen molar-refractivity contribution >= 4 is 11.7 Å². The molecular formula is C30H28FN3O. The molecule has 176 valence electrons. The molecule has 3 aromatic carbocycles. The molecular weight excluding hydrogens is 437 g/mol. The third kappa shape index (κ3) is 5.62. The molecule has 4 nitrogen and oxygen atoms in total. The quantitative estimate of drug-likeness (QED) is 0.341. The highest BCUT2D eigenvalue weighted by Gasteiger charge is 2.22. The van der Waals surface area contributed by atoms with Gasteiger partial charge in [-0.15, -0.1) is 0 Å². The molecule has 1 heterocycles. The SMILES string of the molecule is O=C(CCCc1ccccc1)Nc1nc2c(nc1CCc1ccccc1)-c1ccc(F)cc1CC2. The fourth-order valence-electron chi connectivity index (χ4n) is 4.62. The van der Waals surface area contributed by atoms with E-state index in [1.807, 2.05) is 36.4 Å². The van der Waals surface area contributed by atoms with Gasteiger partial charge in [0.05, 0.1) is 17.1 Å². The Morgan fingerprint density at radius 2 is 1.54 bits per heavy atom. The normalized spacial score (nSPS) is 12.0. The van der Waals surface area contributed by atoms with Gasteiger partial charge < -0.3 is 5.32 Å². The van der Waals surface area contributed by atoms with Crippen LogP contribution in [0.5, 0.6) is 0 Å². The van der Waals surface area contributed by atoms with E-state index in [-0.39, 0.29) is 11.7 Å². The van der Waals surface area contributed by atoms with Crippen molar-refractivity contribution in [2.75, 3.05) is 5.32 Å². The lowest BCUT2D eigenvalue weighted by Gasteiger charge is -2.21. The minimum absolute atomic E-state index is 0.0468. The predicted octanol–water partition coefficient (Wildman–Crippen LogP) is 6.13. The van der Waals surface area contributed by atoms with E-state index in [9.17, 15) is 9.18 Å². The number of nitrogens with zero attached hydrogens (tertiary/aromatic N) is 2. The van der Waals surface area contributed by atoms with E-state index >= 15 is 0 Å². The summed E-state index contributed by atoms with van der Waals surface area (Å²) >= 11 is 0. The van der Waals surface area contributed by atoms with Crippen LogP contribution in [0.3, 0.4) is 0 Å². The summed E-state index contributed by atoms with van der Waals surface area (Å²) in [5.74, 6) is 0.272. The summed E-state index contributed by atoms with van der Waals surface area (Å²) in [4.78, 5) is 22.7. The number of benzene rings is 3. The Morgan fingerprint density at radius 3 is 2.29 bits per heavy atom. The average Bonchev–Trinajstić information content (AvgIpc) is 2.88. The maximum absolute atomic E-state index is 13.8. The Hall–Kier alpha value is -3.86. The van der Waals surface area contributed by atoms with Crippen LogP contribution in [0.2, 0.25) is 0 Å². The van der Waals surface area contributed by atoms with Crippen molar-refractivity contribution in [1.29, 1.82) is 0 Å². The van der Waals surface area contributed by atoms with Gasteiger partial charge in [0.25, 0.3) is 0 Å². The zero-order valence-electron chi connectivity index (χ0n) is 19.6. The van der Waals surface area contributed by atoms with Gasteiger partial charge in [-0.3, -0.25) is 4.79 Å². The molecule has 0 atom stereocenters. The fourth-order valence-corrected chi connectivity index (χ4v) is 4.62. The summed E-state index contributed by atoms with van der Waals surface area (Å²) in [7, 11) is 0. The summed E-state index contributed by atoms with van der Waals surface area (Å²) in [6, 6.07) is 25.3. The maximum atomic E-state index is 13.8. The first kappa shape index (κ1) is 22.9. The number of halogens is 1. The van der Waals surface area contributed by atoms with Gasteiger partial charge in [-0.1, -0.05) is 60.7 Å². The average molecular weight is 466 g/mol. The van der Waals surface area contributed by atoms with Gasteiger partial charge in [-0.05, 0) is 73.4 Å². The van der Waals surface area contributed by atoms with Crippen LogP contribution in [0.1, 0.15) is 40.9 Å². The van der Waals surface area contributed by atoms with Crippen molar-refractivity contribution in [3.05, 3.63) is 113 Å². The maximum Gasteiger partial charge on any atom is 0.225 e. The molecule has 0 bridgehead atoms. The molecule has 0 saturated heterocycles.